The van der Waals surface area contributed by atoms with Gasteiger partial charge in [-0.15, -0.1) is 0 Å². The molecular formula is C24H38N2O. The van der Waals surface area contributed by atoms with Gasteiger partial charge in [0.05, 0.1) is 6.61 Å². The zero-order valence-corrected chi connectivity index (χ0v) is 17.7. The lowest BCUT2D eigenvalue weighted by Crippen LogP contribution is -2.29. The molecule has 1 heterocycles. The molecule has 0 N–H and O–H groups in total. The van der Waals surface area contributed by atoms with Crippen molar-refractivity contribution in [2.45, 2.75) is 52.9 Å². The highest BCUT2D eigenvalue weighted by Crippen LogP contribution is 2.13. The van der Waals surface area contributed by atoms with Crippen molar-refractivity contribution in [1.82, 2.24) is 4.90 Å². The van der Waals surface area contributed by atoms with Gasteiger partial charge in [-0.25, -0.2) is 0 Å². The van der Waals surface area contributed by atoms with Crippen molar-refractivity contribution in [2.75, 3.05) is 32.8 Å². The van der Waals surface area contributed by atoms with Crippen LogP contribution in [0, 0.1) is 0 Å². The molecule has 1 aliphatic heterocycles. The second kappa shape index (κ2) is 14.2. The third-order valence-corrected chi connectivity index (χ3v) is 4.30. The van der Waals surface area contributed by atoms with Gasteiger partial charge in [-0.1, -0.05) is 51.3 Å². The average molecular weight is 371 g/mol. The van der Waals surface area contributed by atoms with E-state index < -0.39 is 0 Å². The number of ether oxygens (including phenoxy) is 1. The lowest BCUT2D eigenvalue weighted by atomic mass is 10.1. The monoisotopic (exact) mass is 370 g/mol. The van der Waals surface area contributed by atoms with E-state index in [1.807, 2.05) is 6.92 Å². The first-order valence-corrected chi connectivity index (χ1v) is 10.4. The van der Waals surface area contributed by atoms with Crippen molar-refractivity contribution in [3.05, 3.63) is 60.4 Å². The molecule has 0 amide bonds. The molecule has 0 radical (unpaired) electrons. The summed E-state index contributed by atoms with van der Waals surface area (Å²) in [5.74, 6) is 0.896. The largest absolute Gasteiger partial charge is 0.492 e. The van der Waals surface area contributed by atoms with E-state index in [1.165, 1.54) is 0 Å². The Balaban J connectivity index is 2.69. The normalized spacial score (nSPS) is 19.5. The quantitative estimate of drug-likeness (QED) is 0.523. The Bertz CT molecular complexity index is 581. The van der Waals surface area contributed by atoms with Crippen LogP contribution in [0.15, 0.2) is 65.4 Å². The highest BCUT2D eigenvalue weighted by atomic mass is 16.5. The van der Waals surface area contributed by atoms with E-state index >= 15 is 0 Å². The first kappa shape index (κ1) is 23.2. The number of hydrogen-bond acceptors (Lipinski definition) is 3. The fourth-order valence-corrected chi connectivity index (χ4v) is 2.96. The van der Waals surface area contributed by atoms with Crippen molar-refractivity contribution in [1.29, 1.82) is 0 Å². The molecule has 0 aromatic carbocycles. The molecule has 1 rings (SSSR count). The van der Waals surface area contributed by atoms with E-state index in [0.29, 0.717) is 6.61 Å². The minimum atomic E-state index is 0.705. The van der Waals surface area contributed by atoms with Crippen molar-refractivity contribution in [2.24, 2.45) is 4.99 Å². The zero-order chi connectivity index (χ0) is 19.9. The Hall–Kier alpha value is -1.87. The SMILES string of the molecule is C=C(C=CC=CCC)CN1CCCCN=C(C(=C)C)/C(=C\CC)OCCC1. The Morgan fingerprint density at radius 3 is 2.59 bits per heavy atom. The maximum atomic E-state index is 6.07. The Kier molecular flexibility index (Phi) is 12.2. The summed E-state index contributed by atoms with van der Waals surface area (Å²) in [5.41, 5.74) is 3.07. The van der Waals surface area contributed by atoms with Crippen LogP contribution in [0.2, 0.25) is 0 Å². The summed E-state index contributed by atoms with van der Waals surface area (Å²) >= 11 is 0. The Morgan fingerprint density at radius 1 is 1.11 bits per heavy atom. The van der Waals surface area contributed by atoms with Crippen LogP contribution in [0.4, 0.5) is 0 Å². The Morgan fingerprint density at radius 2 is 1.89 bits per heavy atom. The smallest absolute Gasteiger partial charge is 0.140 e. The molecule has 0 aromatic rings. The molecule has 0 spiro atoms. The summed E-state index contributed by atoms with van der Waals surface area (Å²) in [5, 5.41) is 0. The molecule has 0 saturated heterocycles. The van der Waals surface area contributed by atoms with E-state index in [2.05, 4.69) is 62.3 Å². The van der Waals surface area contributed by atoms with Crippen molar-refractivity contribution >= 4 is 5.71 Å². The van der Waals surface area contributed by atoms with Crippen molar-refractivity contribution in [3.63, 3.8) is 0 Å². The number of hydrogen-bond donors (Lipinski definition) is 0. The van der Waals surface area contributed by atoms with Gasteiger partial charge in [-0.2, -0.15) is 0 Å². The van der Waals surface area contributed by atoms with Crippen LogP contribution in [0.25, 0.3) is 0 Å². The van der Waals surface area contributed by atoms with Crippen LogP contribution in [0.1, 0.15) is 52.9 Å². The minimum Gasteiger partial charge on any atom is -0.492 e. The Labute approximate surface area is 166 Å². The number of rotatable bonds is 7. The maximum absolute atomic E-state index is 6.07. The molecule has 3 heteroatoms. The number of nitrogens with zero attached hydrogens (tertiary/aromatic N) is 2. The van der Waals surface area contributed by atoms with E-state index in [-0.39, 0.29) is 0 Å². The van der Waals surface area contributed by atoms with Crippen LogP contribution in [0.5, 0.6) is 0 Å². The summed E-state index contributed by atoms with van der Waals surface area (Å²) < 4.78 is 6.07. The standard InChI is InChI=1S/C24H38N2O/c1-6-8-9-10-15-22(5)20-26-17-12-11-16-25-24(21(3)4)23(14-7-2)27-19-13-18-26/h8-10,14-15H,3,5-7,11-13,16-20H2,1-2,4H3/b9-8?,15-10?,23-14+,25-24?. The molecule has 0 saturated carbocycles. The summed E-state index contributed by atoms with van der Waals surface area (Å²) in [6, 6.07) is 0. The molecule has 0 aromatic heterocycles. The summed E-state index contributed by atoms with van der Waals surface area (Å²) in [7, 11) is 0. The summed E-state index contributed by atoms with van der Waals surface area (Å²) in [4.78, 5) is 7.25. The zero-order valence-electron chi connectivity index (χ0n) is 17.7. The second-order valence-corrected chi connectivity index (χ2v) is 7.03. The van der Waals surface area contributed by atoms with E-state index in [9.17, 15) is 0 Å². The number of allylic oxidation sites excluding steroid dienone is 5. The van der Waals surface area contributed by atoms with E-state index in [1.54, 1.807) is 0 Å². The van der Waals surface area contributed by atoms with Crippen molar-refractivity contribution in [3.8, 4) is 0 Å². The average Bonchev–Trinajstić information content (AvgIpc) is 2.62. The predicted octanol–water partition coefficient (Wildman–Crippen LogP) is 5.88. The van der Waals surface area contributed by atoms with Crippen LogP contribution < -0.4 is 0 Å². The van der Waals surface area contributed by atoms with Gasteiger partial charge >= 0.3 is 0 Å². The molecular weight excluding hydrogens is 332 g/mol. The van der Waals surface area contributed by atoms with Gasteiger partial charge in [-0.05, 0) is 62.8 Å². The van der Waals surface area contributed by atoms with Gasteiger partial charge in [0.1, 0.15) is 11.5 Å². The lowest BCUT2D eigenvalue weighted by molar-refractivity contribution is 0.196. The molecule has 0 unspecified atom stereocenters. The predicted molar refractivity (Wildman–Crippen MR) is 119 cm³/mol. The van der Waals surface area contributed by atoms with Crippen LogP contribution in [-0.2, 0) is 4.74 Å². The van der Waals surface area contributed by atoms with E-state index in [0.717, 1.165) is 80.9 Å². The van der Waals surface area contributed by atoms with Gasteiger partial charge in [0, 0.05) is 19.6 Å². The van der Waals surface area contributed by atoms with Crippen molar-refractivity contribution < 1.29 is 4.74 Å². The van der Waals surface area contributed by atoms with Crippen LogP contribution >= 0.6 is 0 Å². The van der Waals surface area contributed by atoms with Gasteiger partial charge in [0.15, 0.2) is 0 Å². The molecule has 27 heavy (non-hydrogen) atoms. The first-order valence-electron chi connectivity index (χ1n) is 10.4. The highest BCUT2D eigenvalue weighted by Gasteiger charge is 2.12. The molecule has 0 aliphatic carbocycles. The molecule has 1 aliphatic rings. The molecule has 0 atom stereocenters. The summed E-state index contributed by atoms with van der Waals surface area (Å²) in [6.45, 7) is 19.1. The molecule has 0 bridgehead atoms. The van der Waals surface area contributed by atoms with Gasteiger partial charge in [0.2, 0.25) is 0 Å². The van der Waals surface area contributed by atoms with Gasteiger partial charge in [0.25, 0.3) is 0 Å². The second-order valence-electron chi connectivity index (χ2n) is 7.03. The fourth-order valence-electron chi connectivity index (χ4n) is 2.96. The van der Waals surface area contributed by atoms with Gasteiger partial charge in [-0.3, -0.25) is 9.89 Å². The molecule has 150 valence electrons. The fraction of sp³-hybridized carbons (Fsp3) is 0.542. The maximum Gasteiger partial charge on any atom is 0.140 e. The lowest BCUT2D eigenvalue weighted by Gasteiger charge is -2.23. The molecule has 3 nitrogen and oxygen atoms in total. The first-order chi connectivity index (χ1) is 13.1. The minimum absolute atomic E-state index is 0.705. The third-order valence-electron chi connectivity index (χ3n) is 4.30. The highest BCUT2D eigenvalue weighted by molar-refractivity contribution is 6.10. The molecule has 0 fully saturated rings. The third kappa shape index (κ3) is 10.1. The van der Waals surface area contributed by atoms with Crippen LogP contribution in [-0.4, -0.2) is 43.4 Å². The summed E-state index contributed by atoms with van der Waals surface area (Å²) in [6.07, 6.45) is 15.8. The number of aliphatic imine (C=N–C) groups is 1. The van der Waals surface area contributed by atoms with Gasteiger partial charge < -0.3 is 4.74 Å². The van der Waals surface area contributed by atoms with Crippen LogP contribution in [0.3, 0.4) is 0 Å². The van der Waals surface area contributed by atoms with E-state index in [4.69, 9.17) is 9.73 Å². The topological polar surface area (TPSA) is 24.8 Å².